The second kappa shape index (κ2) is 8.47. The molecule has 1 amide bonds. The van der Waals surface area contributed by atoms with E-state index in [1.807, 2.05) is 43.3 Å². The van der Waals surface area contributed by atoms with E-state index in [-0.39, 0.29) is 6.04 Å². The fourth-order valence-corrected chi connectivity index (χ4v) is 4.48. The highest BCUT2D eigenvalue weighted by Gasteiger charge is 2.25. The smallest absolute Gasteiger partial charge is 0.407 e. The number of anilines is 1. The van der Waals surface area contributed by atoms with Crippen LogP contribution < -0.4 is 10.1 Å². The predicted molar refractivity (Wildman–Crippen MR) is 120 cm³/mol. The van der Waals surface area contributed by atoms with E-state index < -0.39 is 6.09 Å². The van der Waals surface area contributed by atoms with E-state index in [2.05, 4.69) is 31.4 Å². The SMILES string of the molecule is COc1cc(C)ccc1-c1nnc(N[C@@H]2CCCN(C(=O)O)C2)c2c(Br)cccc12. The van der Waals surface area contributed by atoms with Crippen molar-refractivity contribution in [3.05, 3.63) is 46.4 Å². The molecule has 2 heterocycles. The van der Waals surface area contributed by atoms with E-state index in [0.717, 1.165) is 50.7 Å². The monoisotopic (exact) mass is 470 g/mol. The molecule has 156 valence electrons. The Morgan fingerprint density at radius 1 is 1.30 bits per heavy atom. The Morgan fingerprint density at radius 2 is 2.13 bits per heavy atom. The molecule has 1 aliphatic heterocycles. The van der Waals surface area contributed by atoms with Gasteiger partial charge in [0.15, 0.2) is 5.82 Å². The Kier molecular flexibility index (Phi) is 5.76. The van der Waals surface area contributed by atoms with Crippen LogP contribution >= 0.6 is 15.9 Å². The molecular weight excluding hydrogens is 448 g/mol. The molecule has 0 aliphatic carbocycles. The van der Waals surface area contributed by atoms with E-state index in [1.165, 1.54) is 4.90 Å². The Balaban J connectivity index is 1.77. The van der Waals surface area contributed by atoms with E-state index in [0.29, 0.717) is 18.9 Å². The van der Waals surface area contributed by atoms with Crippen LogP contribution in [0.4, 0.5) is 10.6 Å². The standard InChI is InChI=1S/C22H23BrN4O3/c1-13-8-9-15(18(11-13)30-2)20-16-6-3-7-17(23)19(16)21(26-25-20)24-14-5-4-10-27(12-14)22(28)29/h3,6-9,11,14H,4-5,10,12H2,1-2H3,(H,24,26)(H,28,29)/t14-/m1/s1. The predicted octanol–water partition coefficient (Wildman–Crippen LogP) is 4.93. The first-order valence-electron chi connectivity index (χ1n) is 9.82. The van der Waals surface area contributed by atoms with E-state index in [1.54, 1.807) is 7.11 Å². The number of nitrogens with zero attached hydrogens (tertiary/aromatic N) is 3. The molecule has 2 N–H and O–H groups in total. The van der Waals surface area contributed by atoms with Crippen molar-refractivity contribution in [3.8, 4) is 17.0 Å². The van der Waals surface area contributed by atoms with Gasteiger partial charge in [-0.25, -0.2) is 4.79 Å². The second-order valence-electron chi connectivity index (χ2n) is 7.48. The molecule has 0 spiro atoms. The average Bonchev–Trinajstić information content (AvgIpc) is 2.74. The number of methoxy groups -OCH3 is 1. The maximum Gasteiger partial charge on any atom is 0.407 e. The third kappa shape index (κ3) is 3.92. The number of halogens is 1. The number of hydrogen-bond donors (Lipinski definition) is 2. The van der Waals surface area contributed by atoms with Gasteiger partial charge in [0.2, 0.25) is 0 Å². The second-order valence-corrected chi connectivity index (χ2v) is 8.33. The van der Waals surface area contributed by atoms with Crippen LogP contribution in [0.1, 0.15) is 18.4 Å². The van der Waals surface area contributed by atoms with Crippen LogP contribution in [0.5, 0.6) is 5.75 Å². The molecule has 0 saturated carbocycles. The first-order chi connectivity index (χ1) is 14.5. The minimum Gasteiger partial charge on any atom is -0.496 e. The number of fused-ring (bicyclic) bond motifs is 1. The number of ether oxygens (including phenoxy) is 1. The lowest BCUT2D eigenvalue weighted by Crippen LogP contribution is -2.44. The quantitative estimate of drug-likeness (QED) is 0.561. The molecule has 30 heavy (non-hydrogen) atoms. The van der Waals surface area contributed by atoms with Crippen LogP contribution in [0.2, 0.25) is 0 Å². The zero-order chi connectivity index (χ0) is 21.3. The zero-order valence-corrected chi connectivity index (χ0v) is 18.4. The average molecular weight is 471 g/mol. The number of rotatable bonds is 4. The third-order valence-corrected chi connectivity index (χ3v) is 6.06. The first-order valence-corrected chi connectivity index (χ1v) is 10.6. The summed E-state index contributed by atoms with van der Waals surface area (Å²) in [5, 5.41) is 23.6. The number of carbonyl (C=O) groups is 1. The Hall–Kier alpha value is -2.87. The van der Waals surface area contributed by atoms with Crippen molar-refractivity contribution in [1.29, 1.82) is 0 Å². The van der Waals surface area contributed by atoms with Gasteiger partial charge >= 0.3 is 6.09 Å². The number of likely N-dealkylation sites (tertiary alicyclic amines) is 1. The molecule has 0 bridgehead atoms. The molecule has 1 fully saturated rings. The summed E-state index contributed by atoms with van der Waals surface area (Å²) in [6.07, 6.45) is 0.806. The molecule has 7 nitrogen and oxygen atoms in total. The van der Waals surface area contributed by atoms with Crippen LogP contribution in [0, 0.1) is 6.92 Å². The highest BCUT2D eigenvalue weighted by molar-refractivity contribution is 9.10. The summed E-state index contributed by atoms with van der Waals surface area (Å²) in [6, 6.07) is 11.9. The van der Waals surface area contributed by atoms with Gasteiger partial charge in [0.1, 0.15) is 11.4 Å². The van der Waals surface area contributed by atoms with E-state index >= 15 is 0 Å². The van der Waals surface area contributed by atoms with Gasteiger partial charge < -0.3 is 20.1 Å². The zero-order valence-electron chi connectivity index (χ0n) is 16.9. The molecule has 0 radical (unpaired) electrons. The Morgan fingerprint density at radius 3 is 2.90 bits per heavy atom. The number of aromatic nitrogens is 2. The molecular formula is C22H23BrN4O3. The molecule has 2 aromatic carbocycles. The molecule has 3 aromatic rings. The Labute approximate surface area is 183 Å². The topological polar surface area (TPSA) is 87.6 Å². The van der Waals surface area contributed by atoms with Crippen LogP contribution in [-0.2, 0) is 0 Å². The molecule has 0 unspecified atom stereocenters. The number of benzene rings is 2. The van der Waals surface area contributed by atoms with Gasteiger partial charge in [-0.3, -0.25) is 0 Å². The summed E-state index contributed by atoms with van der Waals surface area (Å²) in [4.78, 5) is 12.8. The van der Waals surface area contributed by atoms with Gasteiger partial charge in [-0.2, -0.15) is 0 Å². The minimum atomic E-state index is -0.888. The van der Waals surface area contributed by atoms with Gasteiger partial charge in [-0.15, -0.1) is 10.2 Å². The molecule has 4 rings (SSSR count). The number of carboxylic acid groups (broad SMARTS) is 1. The van der Waals surface area contributed by atoms with Gasteiger partial charge in [0.05, 0.1) is 7.11 Å². The summed E-state index contributed by atoms with van der Waals surface area (Å²) in [5.41, 5.74) is 2.72. The van der Waals surface area contributed by atoms with Gasteiger partial charge in [0.25, 0.3) is 0 Å². The maximum atomic E-state index is 11.4. The van der Waals surface area contributed by atoms with E-state index in [9.17, 15) is 9.90 Å². The van der Waals surface area contributed by atoms with Gasteiger partial charge in [0, 0.05) is 39.9 Å². The number of aryl methyl sites for hydroxylation is 1. The largest absolute Gasteiger partial charge is 0.496 e. The van der Waals surface area contributed by atoms with Crippen molar-refractivity contribution < 1.29 is 14.6 Å². The van der Waals surface area contributed by atoms with Crippen molar-refractivity contribution in [3.63, 3.8) is 0 Å². The summed E-state index contributed by atoms with van der Waals surface area (Å²) >= 11 is 3.66. The fourth-order valence-electron chi connectivity index (χ4n) is 3.92. The number of hydrogen-bond acceptors (Lipinski definition) is 5. The molecule has 1 saturated heterocycles. The fraction of sp³-hybridized carbons (Fsp3) is 0.318. The van der Waals surface area contributed by atoms with Crippen LogP contribution in [-0.4, -0.2) is 52.5 Å². The normalized spacial score (nSPS) is 16.5. The maximum absolute atomic E-state index is 11.4. The van der Waals surface area contributed by atoms with Gasteiger partial charge in [-0.05, 0) is 43.5 Å². The Bertz CT molecular complexity index is 1110. The lowest BCUT2D eigenvalue weighted by atomic mass is 10.0. The number of piperidine rings is 1. The molecule has 1 aromatic heterocycles. The van der Waals surface area contributed by atoms with Crippen molar-refractivity contribution in [2.24, 2.45) is 0 Å². The van der Waals surface area contributed by atoms with Crippen molar-refractivity contribution >= 4 is 38.6 Å². The number of nitrogens with one attached hydrogen (secondary N) is 1. The van der Waals surface area contributed by atoms with Gasteiger partial charge in [-0.1, -0.05) is 34.1 Å². The summed E-state index contributed by atoms with van der Waals surface area (Å²) in [6.45, 7) is 3.01. The lowest BCUT2D eigenvalue weighted by molar-refractivity contribution is 0.133. The summed E-state index contributed by atoms with van der Waals surface area (Å²) in [7, 11) is 1.65. The van der Waals surface area contributed by atoms with Crippen molar-refractivity contribution in [1.82, 2.24) is 15.1 Å². The van der Waals surface area contributed by atoms with E-state index in [4.69, 9.17) is 4.74 Å². The lowest BCUT2D eigenvalue weighted by Gasteiger charge is -2.31. The van der Waals surface area contributed by atoms with Crippen LogP contribution in [0.15, 0.2) is 40.9 Å². The van der Waals surface area contributed by atoms with Crippen molar-refractivity contribution in [2.75, 3.05) is 25.5 Å². The molecule has 8 heteroatoms. The molecule has 1 aliphatic rings. The van der Waals surface area contributed by atoms with Crippen LogP contribution in [0.3, 0.4) is 0 Å². The minimum absolute atomic E-state index is 0.0146. The molecule has 1 atom stereocenters. The first kappa shape index (κ1) is 20.4. The summed E-state index contributed by atoms with van der Waals surface area (Å²) in [5.74, 6) is 1.39. The van der Waals surface area contributed by atoms with Crippen LogP contribution in [0.25, 0.3) is 22.0 Å². The highest BCUT2D eigenvalue weighted by atomic mass is 79.9. The number of amides is 1. The van der Waals surface area contributed by atoms with Crippen molar-refractivity contribution in [2.45, 2.75) is 25.8 Å². The highest BCUT2D eigenvalue weighted by Crippen LogP contribution is 2.38. The summed E-state index contributed by atoms with van der Waals surface area (Å²) < 4.78 is 6.49. The third-order valence-electron chi connectivity index (χ3n) is 5.40.